The third-order valence-electron chi connectivity index (χ3n) is 11.0. The molecule has 1 aliphatic carbocycles. The van der Waals surface area contributed by atoms with E-state index in [0.717, 1.165) is 39.8 Å². The summed E-state index contributed by atoms with van der Waals surface area (Å²) in [6.07, 6.45) is 6.80. The molecule has 0 fully saturated rings. The Bertz CT molecular complexity index is 3380. The monoisotopic (exact) mass is 719 g/mol. The second-order valence-electron chi connectivity index (χ2n) is 13.7. The van der Waals surface area contributed by atoms with Crippen LogP contribution in [0.1, 0.15) is 16.9 Å². The second kappa shape index (κ2) is 10.7. The Morgan fingerprint density at radius 2 is 1.37 bits per heavy atom. The van der Waals surface area contributed by atoms with E-state index in [1.165, 1.54) is 85.0 Å². The average Bonchev–Trinajstić information content (AvgIpc) is 3.87. The minimum Gasteiger partial charge on any atom is -0.292 e. The number of hydrogen-bond donors (Lipinski definition) is 0. The number of aromatic nitrogens is 3. The van der Waals surface area contributed by atoms with Crippen LogP contribution in [-0.4, -0.2) is 14.5 Å². The quantitative estimate of drug-likeness (QED) is 0.132. The van der Waals surface area contributed by atoms with Crippen LogP contribution in [0.4, 0.5) is 0 Å². The summed E-state index contributed by atoms with van der Waals surface area (Å²) in [5.41, 5.74) is 6.90. The largest absolute Gasteiger partial charge is 0.292 e. The highest BCUT2D eigenvalue weighted by molar-refractivity contribution is 7.26. The van der Waals surface area contributed by atoms with E-state index in [0.29, 0.717) is 0 Å². The van der Waals surface area contributed by atoms with E-state index >= 15 is 0 Å². The summed E-state index contributed by atoms with van der Waals surface area (Å²) in [6.45, 7) is 0. The number of benzene rings is 7. The van der Waals surface area contributed by atoms with Gasteiger partial charge in [-0.25, -0.2) is 4.98 Å². The van der Waals surface area contributed by atoms with E-state index in [1.807, 2.05) is 11.3 Å². The molecule has 6 heteroatoms. The van der Waals surface area contributed by atoms with Gasteiger partial charge in [0.25, 0.3) is 0 Å². The van der Waals surface area contributed by atoms with Gasteiger partial charge in [0.05, 0.1) is 21.3 Å². The van der Waals surface area contributed by atoms with E-state index < -0.39 is 0 Å². The highest BCUT2D eigenvalue weighted by Gasteiger charge is 2.27. The van der Waals surface area contributed by atoms with Gasteiger partial charge < -0.3 is 0 Å². The van der Waals surface area contributed by atoms with Gasteiger partial charge >= 0.3 is 0 Å². The second-order valence-corrected chi connectivity index (χ2v) is 16.2. The predicted molar refractivity (Wildman–Crippen MR) is 225 cm³/mol. The standard InChI is InChI=1S/C46H26ClN3S2/c47-46-48-41-34-18-8-10-20-38(34)52-44(41)45(49-46)50-36-24-26(35-23-25-11-1-2-12-27(25)28-13-3-4-14-29(28)35)21-22-32(36)39-30-15-5-6-16-31(30)43-40(42(39)50)33-17-7-9-19-37(33)51-43/h1-8,10-18,20-24H,9,19H2. The van der Waals surface area contributed by atoms with Gasteiger partial charge in [-0.05, 0) is 86.3 Å². The average molecular weight is 720 g/mol. The van der Waals surface area contributed by atoms with Crippen LogP contribution < -0.4 is 0 Å². The van der Waals surface area contributed by atoms with Gasteiger partial charge in [0.1, 0.15) is 0 Å². The normalized spacial score (nSPS) is 13.2. The van der Waals surface area contributed by atoms with Gasteiger partial charge in [0.2, 0.25) is 5.28 Å². The number of hydrogen-bond acceptors (Lipinski definition) is 4. The Morgan fingerprint density at radius 3 is 2.25 bits per heavy atom. The van der Waals surface area contributed by atoms with Gasteiger partial charge in [-0.1, -0.05) is 115 Å². The molecule has 244 valence electrons. The van der Waals surface area contributed by atoms with E-state index in [1.54, 1.807) is 11.3 Å². The summed E-state index contributed by atoms with van der Waals surface area (Å²) in [5.74, 6) is 0.827. The predicted octanol–water partition coefficient (Wildman–Crippen LogP) is 13.9. The smallest absolute Gasteiger partial charge is 0.225 e. The van der Waals surface area contributed by atoms with Crippen molar-refractivity contribution in [2.75, 3.05) is 0 Å². The summed E-state index contributed by atoms with van der Waals surface area (Å²) in [5, 5.41) is 12.7. The Balaban J connectivity index is 1.31. The molecule has 0 saturated heterocycles. The lowest BCUT2D eigenvalue weighted by atomic mass is 9.92. The highest BCUT2D eigenvalue weighted by atomic mass is 35.5. The van der Waals surface area contributed by atoms with Crippen LogP contribution in [-0.2, 0) is 6.42 Å². The molecule has 0 atom stereocenters. The first-order valence-corrected chi connectivity index (χ1v) is 19.6. The highest BCUT2D eigenvalue weighted by Crippen LogP contribution is 2.50. The molecule has 12 rings (SSSR count). The SMILES string of the molecule is Clc1nc(-n2c3cc(-c4cc5ccccc5c5ccccc45)ccc3c3c4ccccc4c4sc5c(c4c32)C=CCC5)c2sc3ccccc3c2n1. The molecule has 4 heterocycles. The minimum absolute atomic E-state index is 0.252. The Hall–Kier alpha value is -5.59. The number of thiophene rings is 2. The summed E-state index contributed by atoms with van der Waals surface area (Å²) in [4.78, 5) is 11.4. The first-order valence-electron chi connectivity index (χ1n) is 17.6. The van der Waals surface area contributed by atoms with E-state index in [-0.39, 0.29) is 5.28 Å². The summed E-state index contributed by atoms with van der Waals surface area (Å²) >= 11 is 10.6. The van der Waals surface area contributed by atoms with Gasteiger partial charge in [-0.2, -0.15) is 4.98 Å². The van der Waals surface area contributed by atoms with Crippen molar-refractivity contribution >= 4 is 125 Å². The van der Waals surface area contributed by atoms with Crippen LogP contribution in [0.25, 0.3) is 108 Å². The maximum Gasteiger partial charge on any atom is 0.225 e. The molecule has 1 aliphatic rings. The molecule has 0 aliphatic heterocycles. The maximum absolute atomic E-state index is 6.92. The zero-order valence-electron chi connectivity index (χ0n) is 27.7. The molecule has 0 unspecified atom stereocenters. The fourth-order valence-electron chi connectivity index (χ4n) is 8.77. The lowest BCUT2D eigenvalue weighted by Crippen LogP contribution is -2.00. The fraction of sp³-hybridized carbons (Fsp3) is 0.0435. The summed E-state index contributed by atoms with van der Waals surface area (Å²) in [6, 6.07) is 44.3. The van der Waals surface area contributed by atoms with Crippen molar-refractivity contribution in [1.29, 1.82) is 0 Å². The van der Waals surface area contributed by atoms with Crippen LogP contribution in [0, 0.1) is 0 Å². The van der Waals surface area contributed by atoms with Crippen LogP contribution in [0.15, 0.2) is 127 Å². The zero-order chi connectivity index (χ0) is 34.1. The molecule has 52 heavy (non-hydrogen) atoms. The van der Waals surface area contributed by atoms with Crippen molar-refractivity contribution in [3.8, 4) is 16.9 Å². The number of aryl methyl sites for hydroxylation is 1. The Kier molecular flexibility index (Phi) is 5.98. The van der Waals surface area contributed by atoms with Crippen molar-refractivity contribution in [3.63, 3.8) is 0 Å². The molecule has 0 amide bonds. The van der Waals surface area contributed by atoms with Gasteiger partial charge in [-0.3, -0.25) is 4.57 Å². The fourth-order valence-corrected chi connectivity index (χ4v) is 11.4. The van der Waals surface area contributed by atoms with Gasteiger partial charge in [-0.15, -0.1) is 22.7 Å². The van der Waals surface area contributed by atoms with Crippen LogP contribution in [0.3, 0.4) is 0 Å². The van der Waals surface area contributed by atoms with Crippen molar-refractivity contribution in [2.24, 2.45) is 0 Å². The molecule has 4 aromatic heterocycles. The molecular weight excluding hydrogens is 694 g/mol. The Labute approximate surface area is 310 Å². The summed E-state index contributed by atoms with van der Waals surface area (Å²) < 4.78 is 5.96. The zero-order valence-corrected chi connectivity index (χ0v) is 30.0. The number of halogens is 1. The molecule has 7 aromatic carbocycles. The molecular formula is C46H26ClN3S2. The molecule has 0 spiro atoms. The van der Waals surface area contributed by atoms with Crippen molar-refractivity contribution in [1.82, 2.24) is 14.5 Å². The molecule has 0 radical (unpaired) electrons. The lowest BCUT2D eigenvalue weighted by Gasteiger charge is -2.13. The number of rotatable bonds is 2. The van der Waals surface area contributed by atoms with Crippen molar-refractivity contribution in [2.45, 2.75) is 12.8 Å². The number of allylic oxidation sites excluding steroid dienone is 1. The molecule has 0 saturated carbocycles. The third-order valence-corrected chi connectivity index (χ3v) is 13.6. The van der Waals surface area contributed by atoms with Crippen molar-refractivity contribution in [3.05, 3.63) is 143 Å². The topological polar surface area (TPSA) is 30.7 Å². The summed E-state index contributed by atoms with van der Waals surface area (Å²) in [7, 11) is 0. The number of nitrogens with zero attached hydrogens (tertiary/aromatic N) is 3. The van der Waals surface area contributed by atoms with E-state index in [4.69, 9.17) is 21.6 Å². The molecule has 3 nitrogen and oxygen atoms in total. The van der Waals surface area contributed by atoms with Crippen molar-refractivity contribution < 1.29 is 0 Å². The first kappa shape index (κ1) is 29.0. The van der Waals surface area contributed by atoms with Crippen LogP contribution in [0.5, 0.6) is 0 Å². The van der Waals surface area contributed by atoms with E-state index in [9.17, 15) is 0 Å². The maximum atomic E-state index is 6.92. The first-order chi connectivity index (χ1) is 25.7. The molecule has 0 N–H and O–H groups in total. The molecule has 11 aromatic rings. The third kappa shape index (κ3) is 3.90. The minimum atomic E-state index is 0.252. The van der Waals surface area contributed by atoms with Crippen LogP contribution in [0.2, 0.25) is 5.28 Å². The van der Waals surface area contributed by atoms with Crippen LogP contribution >= 0.6 is 34.3 Å². The molecule has 0 bridgehead atoms. The Morgan fingerprint density at radius 1 is 0.615 bits per heavy atom. The lowest BCUT2D eigenvalue weighted by molar-refractivity contribution is 1.02. The van der Waals surface area contributed by atoms with E-state index in [2.05, 4.69) is 138 Å². The number of fused-ring (bicyclic) bond motifs is 16. The van der Waals surface area contributed by atoms with Gasteiger partial charge in [0, 0.05) is 41.2 Å². The van der Waals surface area contributed by atoms with Gasteiger partial charge in [0.15, 0.2) is 5.82 Å².